The summed E-state index contributed by atoms with van der Waals surface area (Å²) in [5.41, 5.74) is 1.25. The van der Waals surface area contributed by atoms with Crippen LogP contribution in [0.3, 0.4) is 0 Å². The lowest BCUT2D eigenvalue weighted by Gasteiger charge is -2.09. The van der Waals surface area contributed by atoms with E-state index in [4.69, 9.17) is 9.47 Å². The summed E-state index contributed by atoms with van der Waals surface area (Å²) >= 11 is 0. The quantitative estimate of drug-likeness (QED) is 0.266. The monoisotopic (exact) mass is 413 g/mol. The molecule has 0 unspecified atom stereocenters. The van der Waals surface area contributed by atoms with Gasteiger partial charge < -0.3 is 20.1 Å². The lowest BCUT2D eigenvalue weighted by molar-refractivity contribution is -0.384. The van der Waals surface area contributed by atoms with Gasteiger partial charge in [0.1, 0.15) is 18.0 Å². The van der Waals surface area contributed by atoms with E-state index in [1.54, 1.807) is 0 Å². The smallest absolute Gasteiger partial charge is 0.338 e. The first-order valence-electron chi connectivity index (χ1n) is 9.60. The minimum atomic E-state index is -0.803. The van der Waals surface area contributed by atoms with Crippen molar-refractivity contribution in [3.8, 4) is 5.75 Å². The lowest BCUT2D eigenvalue weighted by Crippen LogP contribution is -2.32. The van der Waals surface area contributed by atoms with Gasteiger partial charge in [0.2, 0.25) is 0 Å². The Bertz CT molecular complexity index is 942. The highest BCUT2D eigenvalue weighted by Gasteiger charge is 2.26. The second-order valence-corrected chi connectivity index (χ2v) is 7.00. The minimum Gasteiger partial charge on any atom is -0.492 e. The minimum absolute atomic E-state index is 0.0126. The van der Waals surface area contributed by atoms with Crippen LogP contribution in [0.5, 0.6) is 5.75 Å². The number of ether oxygens (including phenoxy) is 2. The third-order valence-corrected chi connectivity index (χ3v) is 4.38. The second-order valence-electron chi connectivity index (χ2n) is 7.00. The van der Waals surface area contributed by atoms with Gasteiger partial charge in [-0.2, -0.15) is 0 Å². The molecule has 9 nitrogen and oxygen atoms in total. The third kappa shape index (κ3) is 6.20. The summed E-state index contributed by atoms with van der Waals surface area (Å²) < 4.78 is 10.5. The number of benzene rings is 2. The summed E-state index contributed by atoms with van der Waals surface area (Å²) in [5, 5.41) is 16.9. The topological polar surface area (TPSA) is 120 Å². The molecule has 30 heavy (non-hydrogen) atoms. The van der Waals surface area contributed by atoms with Gasteiger partial charge in [0.15, 0.2) is 6.61 Å². The van der Waals surface area contributed by atoms with E-state index in [1.165, 1.54) is 12.1 Å². The molecule has 1 aliphatic carbocycles. The molecule has 0 radical (unpaired) electrons. The maximum Gasteiger partial charge on any atom is 0.338 e. The number of amides is 1. The average Bonchev–Trinajstić information content (AvgIpc) is 3.53. The third-order valence-electron chi connectivity index (χ3n) is 4.38. The molecule has 1 saturated carbocycles. The predicted octanol–water partition coefficient (Wildman–Crippen LogP) is 2.83. The molecule has 1 aliphatic rings. The molecule has 158 valence electrons. The number of hydrogen-bond acceptors (Lipinski definition) is 7. The number of anilines is 1. The molecule has 3 rings (SSSR count). The van der Waals surface area contributed by atoms with Gasteiger partial charge in [-0.1, -0.05) is 12.1 Å². The van der Waals surface area contributed by atoms with Gasteiger partial charge in [0.25, 0.3) is 11.6 Å². The van der Waals surface area contributed by atoms with Crippen molar-refractivity contribution in [2.45, 2.75) is 25.8 Å². The maximum atomic E-state index is 12.1. The summed E-state index contributed by atoms with van der Waals surface area (Å²) in [7, 11) is 0. The van der Waals surface area contributed by atoms with Crippen LogP contribution in [-0.2, 0) is 9.53 Å². The first-order valence-corrected chi connectivity index (χ1v) is 9.60. The van der Waals surface area contributed by atoms with Gasteiger partial charge in [0, 0.05) is 12.1 Å². The van der Waals surface area contributed by atoms with Gasteiger partial charge in [-0.15, -0.1) is 0 Å². The van der Waals surface area contributed by atoms with Crippen LogP contribution in [0.15, 0.2) is 42.5 Å². The maximum absolute atomic E-state index is 12.1. The predicted molar refractivity (Wildman–Crippen MR) is 110 cm³/mol. The van der Waals surface area contributed by atoms with E-state index in [0.29, 0.717) is 11.4 Å². The Kier molecular flexibility index (Phi) is 6.84. The fourth-order valence-corrected chi connectivity index (χ4v) is 2.71. The average molecular weight is 413 g/mol. The Morgan fingerprint density at radius 3 is 2.70 bits per heavy atom. The largest absolute Gasteiger partial charge is 0.492 e. The molecule has 0 bridgehead atoms. The Balaban J connectivity index is 1.43. The van der Waals surface area contributed by atoms with Crippen LogP contribution < -0.4 is 15.4 Å². The van der Waals surface area contributed by atoms with E-state index >= 15 is 0 Å². The summed E-state index contributed by atoms with van der Waals surface area (Å²) in [4.78, 5) is 34.7. The van der Waals surface area contributed by atoms with Crippen molar-refractivity contribution in [3.63, 3.8) is 0 Å². The van der Waals surface area contributed by atoms with Gasteiger partial charge in [0.05, 0.1) is 17.0 Å². The molecular weight excluding hydrogens is 390 g/mol. The van der Waals surface area contributed by atoms with Gasteiger partial charge >= 0.3 is 5.97 Å². The van der Waals surface area contributed by atoms with Crippen molar-refractivity contribution >= 4 is 23.3 Å². The first-order chi connectivity index (χ1) is 14.4. The van der Waals surface area contributed by atoms with Crippen LogP contribution in [0.4, 0.5) is 11.4 Å². The standard InChI is InChI=1S/C21H23N3O6/c1-14-3-2-4-17(11-14)29-10-9-22-20(25)13-30-21(26)15-5-8-18(23-16-6-7-16)19(12-15)24(27)28/h2-5,8,11-12,16,23H,6-7,9-10,13H2,1H3,(H,22,25). The molecule has 0 heterocycles. The van der Waals surface area contributed by atoms with Crippen LogP contribution in [0.25, 0.3) is 0 Å². The Morgan fingerprint density at radius 1 is 1.20 bits per heavy atom. The molecule has 0 aromatic heterocycles. The van der Waals surface area contributed by atoms with Gasteiger partial charge in [-0.05, 0) is 49.6 Å². The number of nitrogens with zero attached hydrogens (tertiary/aromatic N) is 1. The number of nitro groups is 1. The number of aryl methyl sites for hydroxylation is 1. The second kappa shape index (κ2) is 9.73. The highest BCUT2D eigenvalue weighted by atomic mass is 16.6. The fourth-order valence-electron chi connectivity index (χ4n) is 2.71. The van der Waals surface area contributed by atoms with E-state index in [9.17, 15) is 19.7 Å². The van der Waals surface area contributed by atoms with Crippen LogP contribution in [0.2, 0.25) is 0 Å². The van der Waals surface area contributed by atoms with Gasteiger partial charge in [-0.25, -0.2) is 4.79 Å². The zero-order chi connectivity index (χ0) is 21.5. The molecule has 0 saturated heterocycles. The number of rotatable bonds is 10. The molecule has 1 amide bonds. The number of esters is 1. The Morgan fingerprint density at radius 2 is 2.00 bits per heavy atom. The molecule has 9 heteroatoms. The number of nitrogens with one attached hydrogen (secondary N) is 2. The van der Waals surface area contributed by atoms with Crippen molar-refractivity contribution in [2.75, 3.05) is 25.1 Å². The zero-order valence-corrected chi connectivity index (χ0v) is 16.6. The summed E-state index contributed by atoms with van der Waals surface area (Å²) in [6.45, 7) is 1.98. The normalized spacial score (nSPS) is 12.7. The Labute approximate surface area is 173 Å². The highest BCUT2D eigenvalue weighted by molar-refractivity contribution is 5.93. The lowest BCUT2D eigenvalue weighted by atomic mass is 10.1. The van der Waals surface area contributed by atoms with Crippen LogP contribution in [0.1, 0.15) is 28.8 Å². The van der Waals surface area contributed by atoms with E-state index in [-0.39, 0.29) is 30.4 Å². The molecule has 2 aromatic carbocycles. The molecule has 2 aromatic rings. The van der Waals surface area contributed by atoms with E-state index in [1.807, 2.05) is 31.2 Å². The molecule has 0 atom stereocenters. The number of carbonyl (C=O) groups excluding carboxylic acids is 2. The van der Waals surface area contributed by atoms with E-state index in [2.05, 4.69) is 10.6 Å². The summed E-state index contributed by atoms with van der Waals surface area (Å²) in [6.07, 6.45) is 1.93. The Hall–Kier alpha value is -3.62. The molecule has 2 N–H and O–H groups in total. The van der Waals surface area contributed by atoms with Crippen LogP contribution in [0, 0.1) is 17.0 Å². The van der Waals surface area contributed by atoms with Gasteiger partial charge in [-0.3, -0.25) is 14.9 Å². The molecular formula is C21H23N3O6. The first kappa shape index (κ1) is 21.1. The van der Waals surface area contributed by atoms with Crippen molar-refractivity contribution in [3.05, 3.63) is 63.7 Å². The zero-order valence-electron chi connectivity index (χ0n) is 16.6. The summed E-state index contributed by atoms with van der Waals surface area (Å²) in [6, 6.07) is 11.8. The van der Waals surface area contributed by atoms with Crippen molar-refractivity contribution in [1.82, 2.24) is 5.32 Å². The number of hydrogen-bond donors (Lipinski definition) is 2. The number of nitro benzene ring substituents is 1. The number of carbonyl (C=O) groups is 2. The van der Waals surface area contributed by atoms with E-state index in [0.717, 1.165) is 24.5 Å². The van der Waals surface area contributed by atoms with E-state index < -0.39 is 23.4 Å². The highest BCUT2D eigenvalue weighted by Crippen LogP contribution is 2.31. The van der Waals surface area contributed by atoms with Crippen molar-refractivity contribution < 1.29 is 24.0 Å². The van der Waals surface area contributed by atoms with Crippen LogP contribution >= 0.6 is 0 Å². The SMILES string of the molecule is Cc1cccc(OCCNC(=O)COC(=O)c2ccc(NC3CC3)c([N+](=O)[O-])c2)c1. The van der Waals surface area contributed by atoms with Crippen molar-refractivity contribution in [1.29, 1.82) is 0 Å². The summed E-state index contributed by atoms with van der Waals surface area (Å²) in [5.74, 6) is -0.586. The molecule has 0 spiro atoms. The van der Waals surface area contributed by atoms with Crippen LogP contribution in [-0.4, -0.2) is 42.6 Å². The van der Waals surface area contributed by atoms with Crippen molar-refractivity contribution in [2.24, 2.45) is 0 Å². The fraction of sp³-hybridized carbons (Fsp3) is 0.333. The molecule has 1 fully saturated rings. The molecule has 0 aliphatic heterocycles.